The maximum absolute atomic E-state index is 14.5. The van der Waals surface area contributed by atoms with Crippen molar-refractivity contribution in [1.82, 2.24) is 20.8 Å². The van der Waals surface area contributed by atoms with Crippen molar-refractivity contribution < 1.29 is 9.13 Å². The van der Waals surface area contributed by atoms with Crippen molar-refractivity contribution in [3.05, 3.63) is 59.2 Å². The fourth-order valence-corrected chi connectivity index (χ4v) is 3.30. The van der Waals surface area contributed by atoms with E-state index >= 15 is 0 Å². The lowest BCUT2D eigenvalue weighted by Gasteiger charge is -2.18. The van der Waals surface area contributed by atoms with Gasteiger partial charge in [0, 0.05) is 18.2 Å². The topological polar surface area (TPSA) is 62.0 Å². The average Bonchev–Trinajstić information content (AvgIpc) is 3.21. The second-order valence-corrected chi connectivity index (χ2v) is 6.09. The van der Waals surface area contributed by atoms with E-state index in [1.807, 2.05) is 25.1 Å². The lowest BCUT2D eigenvalue weighted by atomic mass is 9.94. The highest BCUT2D eigenvalue weighted by molar-refractivity contribution is 5.78. The number of ether oxygens (including phenoxy) is 1. The molecule has 2 atom stereocenters. The number of rotatable bonds is 3. The molecule has 1 fully saturated rings. The van der Waals surface area contributed by atoms with Gasteiger partial charge in [-0.1, -0.05) is 18.2 Å². The molecule has 1 aliphatic rings. The first-order chi connectivity index (χ1) is 11.7. The Morgan fingerprint density at radius 3 is 2.88 bits per heavy atom. The van der Waals surface area contributed by atoms with E-state index < -0.39 is 0 Å². The summed E-state index contributed by atoms with van der Waals surface area (Å²) in [5.41, 5.74) is 9.99. The third-order valence-corrected chi connectivity index (χ3v) is 4.61. The molecule has 0 saturated carbocycles. The number of aromatic amines is 1. The Bertz CT molecular complexity index is 892. The summed E-state index contributed by atoms with van der Waals surface area (Å²) in [7, 11) is 1.53. The van der Waals surface area contributed by atoms with Crippen molar-refractivity contribution >= 4 is 11.0 Å². The zero-order valence-electron chi connectivity index (χ0n) is 13.6. The maximum Gasteiger partial charge on any atom is 0.131 e. The second kappa shape index (κ2) is 5.89. The third kappa shape index (κ3) is 2.44. The molecule has 2 aromatic carbocycles. The van der Waals surface area contributed by atoms with Gasteiger partial charge >= 0.3 is 0 Å². The minimum Gasteiger partial charge on any atom is -0.497 e. The van der Waals surface area contributed by atoms with Crippen LogP contribution in [0, 0.1) is 12.7 Å². The number of hydrazine groups is 1. The van der Waals surface area contributed by atoms with E-state index in [4.69, 9.17) is 9.72 Å². The molecule has 3 N–H and O–H groups in total. The van der Waals surface area contributed by atoms with Crippen molar-refractivity contribution in [3.63, 3.8) is 0 Å². The van der Waals surface area contributed by atoms with Gasteiger partial charge in [0.25, 0.3) is 0 Å². The summed E-state index contributed by atoms with van der Waals surface area (Å²) in [6.45, 7) is 2.72. The quantitative estimate of drug-likeness (QED) is 0.692. The van der Waals surface area contributed by atoms with Crippen LogP contribution in [0.3, 0.4) is 0 Å². The molecule has 4 rings (SSSR count). The van der Waals surface area contributed by atoms with Crippen molar-refractivity contribution in [3.8, 4) is 5.75 Å². The van der Waals surface area contributed by atoms with E-state index in [2.05, 4.69) is 15.8 Å². The highest BCUT2D eigenvalue weighted by atomic mass is 19.1. The minimum atomic E-state index is -0.284. The predicted molar refractivity (Wildman–Crippen MR) is 90.4 cm³/mol. The summed E-state index contributed by atoms with van der Waals surface area (Å²) in [5, 5.41) is 0. The number of benzene rings is 2. The number of halogens is 1. The van der Waals surface area contributed by atoms with E-state index in [1.165, 1.54) is 13.2 Å². The Morgan fingerprint density at radius 1 is 1.25 bits per heavy atom. The van der Waals surface area contributed by atoms with Crippen LogP contribution in [0.25, 0.3) is 11.0 Å². The number of nitrogens with one attached hydrogen (secondary N) is 3. The van der Waals surface area contributed by atoms with Crippen molar-refractivity contribution in [2.45, 2.75) is 18.9 Å². The monoisotopic (exact) mass is 326 g/mol. The van der Waals surface area contributed by atoms with E-state index in [0.717, 1.165) is 22.4 Å². The van der Waals surface area contributed by atoms with Crippen LogP contribution in [0.5, 0.6) is 5.75 Å². The number of hydrogen-bond acceptors (Lipinski definition) is 4. The number of hydrogen-bond donors (Lipinski definition) is 3. The first-order valence-corrected chi connectivity index (χ1v) is 7.94. The van der Waals surface area contributed by atoms with Crippen LogP contribution in [-0.2, 0) is 0 Å². The van der Waals surface area contributed by atoms with Crippen molar-refractivity contribution in [2.75, 3.05) is 13.7 Å². The number of para-hydroxylation sites is 1. The summed E-state index contributed by atoms with van der Waals surface area (Å²) in [6, 6.07) is 10.8. The molecule has 0 spiro atoms. The molecular formula is C18H19FN4O. The van der Waals surface area contributed by atoms with Gasteiger partial charge in [-0.3, -0.25) is 5.43 Å². The Balaban J connectivity index is 1.73. The van der Waals surface area contributed by atoms with Crippen LogP contribution >= 0.6 is 0 Å². The van der Waals surface area contributed by atoms with Gasteiger partial charge in [-0.05, 0) is 24.6 Å². The van der Waals surface area contributed by atoms with Gasteiger partial charge in [-0.2, -0.15) is 0 Å². The molecule has 0 aliphatic carbocycles. The first kappa shape index (κ1) is 15.1. The fourth-order valence-electron chi connectivity index (χ4n) is 3.30. The Labute approximate surface area is 139 Å². The number of imidazole rings is 1. The number of H-pyrrole nitrogens is 1. The Morgan fingerprint density at radius 2 is 2.12 bits per heavy atom. The van der Waals surface area contributed by atoms with Crippen LogP contribution in [0.15, 0.2) is 36.4 Å². The molecule has 0 amide bonds. The zero-order chi connectivity index (χ0) is 16.7. The molecule has 2 unspecified atom stereocenters. The van der Waals surface area contributed by atoms with E-state index in [9.17, 15) is 4.39 Å². The van der Waals surface area contributed by atoms with Crippen LogP contribution in [0.4, 0.5) is 4.39 Å². The van der Waals surface area contributed by atoms with E-state index in [0.29, 0.717) is 17.9 Å². The minimum absolute atomic E-state index is 0.0136. The lowest BCUT2D eigenvalue weighted by Crippen LogP contribution is -2.25. The SMILES string of the molecule is COc1ccc(C2NNCC2c2nc3c(C)cccc3[nH]2)c(F)c1. The molecule has 24 heavy (non-hydrogen) atoms. The largest absolute Gasteiger partial charge is 0.497 e. The maximum atomic E-state index is 14.5. The first-order valence-electron chi connectivity index (χ1n) is 7.94. The number of nitrogens with zero attached hydrogens (tertiary/aromatic N) is 1. The van der Waals surface area contributed by atoms with Crippen molar-refractivity contribution in [2.24, 2.45) is 0 Å². The number of aromatic nitrogens is 2. The van der Waals surface area contributed by atoms with Gasteiger partial charge < -0.3 is 9.72 Å². The van der Waals surface area contributed by atoms with Gasteiger partial charge in [-0.25, -0.2) is 14.8 Å². The molecule has 1 aliphatic heterocycles. The number of fused-ring (bicyclic) bond motifs is 1. The number of aryl methyl sites for hydroxylation is 1. The molecule has 0 bridgehead atoms. The van der Waals surface area contributed by atoms with Crippen molar-refractivity contribution in [1.29, 1.82) is 0 Å². The average molecular weight is 326 g/mol. The molecule has 1 saturated heterocycles. The molecule has 5 nitrogen and oxygen atoms in total. The molecule has 2 heterocycles. The smallest absolute Gasteiger partial charge is 0.131 e. The summed E-state index contributed by atoms with van der Waals surface area (Å²) in [6.07, 6.45) is 0. The third-order valence-electron chi connectivity index (χ3n) is 4.61. The predicted octanol–water partition coefficient (Wildman–Crippen LogP) is 2.95. The highest BCUT2D eigenvalue weighted by Gasteiger charge is 2.33. The van der Waals surface area contributed by atoms with Gasteiger partial charge in [0.1, 0.15) is 17.4 Å². The normalized spacial score (nSPS) is 20.6. The van der Waals surface area contributed by atoms with E-state index in [1.54, 1.807) is 12.1 Å². The lowest BCUT2D eigenvalue weighted by molar-refractivity contribution is 0.409. The standard InChI is InChI=1S/C18H19FN4O/c1-10-4-3-5-15-16(10)22-18(21-15)13-9-20-23-17(13)12-7-6-11(24-2)8-14(12)19/h3-8,13,17,20,23H,9H2,1-2H3,(H,21,22). The second-order valence-electron chi connectivity index (χ2n) is 6.09. The Kier molecular flexibility index (Phi) is 3.70. The molecule has 124 valence electrons. The molecular weight excluding hydrogens is 307 g/mol. The van der Waals surface area contributed by atoms with Gasteiger partial charge in [-0.15, -0.1) is 0 Å². The fraction of sp³-hybridized carbons (Fsp3) is 0.278. The Hall–Kier alpha value is -2.44. The molecule has 1 aromatic heterocycles. The summed E-state index contributed by atoms with van der Waals surface area (Å²) in [4.78, 5) is 8.13. The molecule has 6 heteroatoms. The van der Waals surface area contributed by atoms with Crippen LogP contribution in [0.1, 0.15) is 28.9 Å². The summed E-state index contributed by atoms with van der Waals surface area (Å²) < 4.78 is 19.6. The van der Waals surface area contributed by atoms with E-state index in [-0.39, 0.29) is 17.8 Å². The van der Waals surface area contributed by atoms with Gasteiger partial charge in [0.2, 0.25) is 0 Å². The zero-order valence-corrected chi connectivity index (χ0v) is 13.6. The molecule has 0 radical (unpaired) electrons. The van der Waals surface area contributed by atoms with Crippen LogP contribution < -0.4 is 15.6 Å². The van der Waals surface area contributed by atoms with Crippen LogP contribution in [-0.4, -0.2) is 23.6 Å². The highest BCUT2D eigenvalue weighted by Crippen LogP contribution is 2.35. The van der Waals surface area contributed by atoms with Crippen LogP contribution in [0.2, 0.25) is 0 Å². The molecule has 3 aromatic rings. The summed E-state index contributed by atoms with van der Waals surface area (Å²) >= 11 is 0. The van der Waals surface area contributed by atoms with Gasteiger partial charge in [0.15, 0.2) is 0 Å². The van der Waals surface area contributed by atoms with Gasteiger partial charge in [0.05, 0.1) is 30.1 Å². The summed E-state index contributed by atoms with van der Waals surface area (Å²) in [5.74, 6) is 1.10. The number of methoxy groups -OCH3 is 1.